The van der Waals surface area contributed by atoms with E-state index in [0.29, 0.717) is 38.6 Å². The zero-order chi connectivity index (χ0) is 15.5. The minimum absolute atomic E-state index is 0. The highest BCUT2D eigenvalue weighted by Crippen LogP contribution is 2.22. The van der Waals surface area contributed by atoms with E-state index in [-0.39, 0.29) is 36.4 Å². The van der Waals surface area contributed by atoms with Gasteiger partial charge in [0, 0.05) is 44.7 Å². The zero-order valence-corrected chi connectivity index (χ0v) is 15.0. The van der Waals surface area contributed by atoms with Gasteiger partial charge in [0.2, 0.25) is 5.91 Å². The third-order valence-electron chi connectivity index (χ3n) is 4.46. The Morgan fingerprint density at radius 1 is 1.17 bits per heavy atom. The van der Waals surface area contributed by atoms with E-state index in [2.05, 4.69) is 5.32 Å². The van der Waals surface area contributed by atoms with Crippen molar-refractivity contribution < 1.29 is 13.6 Å². The predicted molar refractivity (Wildman–Crippen MR) is 95.3 cm³/mol. The molecule has 0 radical (unpaired) electrons. The minimum atomic E-state index is -0.442. The lowest BCUT2D eigenvalue weighted by atomic mass is 10.1. The number of carbonyl (C=O) groups is 1. The molecule has 24 heavy (non-hydrogen) atoms. The molecule has 0 aromatic heterocycles. The summed E-state index contributed by atoms with van der Waals surface area (Å²) in [5.41, 5.74) is 0.282. The van der Waals surface area contributed by atoms with Gasteiger partial charge in [-0.15, -0.1) is 24.8 Å². The van der Waals surface area contributed by atoms with Crippen LogP contribution in [-0.2, 0) is 4.79 Å². The third kappa shape index (κ3) is 4.94. The zero-order valence-electron chi connectivity index (χ0n) is 13.3. The van der Waals surface area contributed by atoms with Crippen molar-refractivity contribution >= 4 is 36.4 Å². The van der Waals surface area contributed by atoms with Crippen LogP contribution in [0.25, 0.3) is 0 Å². The first kappa shape index (κ1) is 20.9. The van der Waals surface area contributed by atoms with Crippen LogP contribution in [0.2, 0.25) is 0 Å². The van der Waals surface area contributed by atoms with Crippen LogP contribution in [0.1, 0.15) is 19.3 Å². The van der Waals surface area contributed by atoms with E-state index in [0.717, 1.165) is 31.5 Å². The Balaban J connectivity index is 0.00000144. The van der Waals surface area contributed by atoms with Crippen LogP contribution in [0.3, 0.4) is 0 Å². The number of amides is 1. The number of anilines is 1. The van der Waals surface area contributed by atoms with Crippen LogP contribution in [0, 0.1) is 11.6 Å². The van der Waals surface area contributed by atoms with E-state index in [4.69, 9.17) is 0 Å². The fraction of sp³-hybridized carbons (Fsp3) is 0.562. The maximum absolute atomic E-state index is 13.8. The smallest absolute Gasteiger partial charge is 0.224 e. The maximum atomic E-state index is 13.8. The lowest BCUT2D eigenvalue weighted by molar-refractivity contribution is -0.131. The molecule has 2 heterocycles. The summed E-state index contributed by atoms with van der Waals surface area (Å²) < 4.78 is 27.1. The average molecular weight is 382 g/mol. The van der Waals surface area contributed by atoms with Crippen molar-refractivity contribution in [3.05, 3.63) is 29.8 Å². The van der Waals surface area contributed by atoms with Crippen molar-refractivity contribution in [2.45, 2.75) is 25.3 Å². The quantitative estimate of drug-likeness (QED) is 0.873. The number of carbonyl (C=O) groups excluding carboxylic acids is 1. The Morgan fingerprint density at radius 3 is 2.50 bits per heavy atom. The molecule has 1 aromatic rings. The van der Waals surface area contributed by atoms with Crippen molar-refractivity contribution in [1.29, 1.82) is 0 Å². The van der Waals surface area contributed by atoms with Gasteiger partial charge in [0.05, 0.1) is 5.69 Å². The van der Waals surface area contributed by atoms with Gasteiger partial charge in [0.1, 0.15) is 11.6 Å². The van der Waals surface area contributed by atoms with Crippen LogP contribution >= 0.6 is 24.8 Å². The summed E-state index contributed by atoms with van der Waals surface area (Å²) in [6, 6.07) is 3.78. The average Bonchev–Trinajstić information content (AvgIpc) is 3.03. The number of nitrogens with one attached hydrogen (secondary N) is 1. The van der Waals surface area contributed by atoms with Crippen molar-refractivity contribution in [3.8, 4) is 0 Å². The van der Waals surface area contributed by atoms with Crippen LogP contribution in [0.15, 0.2) is 18.2 Å². The number of benzene rings is 1. The van der Waals surface area contributed by atoms with Gasteiger partial charge in [-0.05, 0) is 31.5 Å². The van der Waals surface area contributed by atoms with E-state index in [9.17, 15) is 13.6 Å². The van der Waals surface area contributed by atoms with Crippen molar-refractivity contribution in [1.82, 2.24) is 10.2 Å². The summed E-state index contributed by atoms with van der Waals surface area (Å²) in [5.74, 6) is -0.711. The monoisotopic (exact) mass is 381 g/mol. The first-order valence-corrected chi connectivity index (χ1v) is 7.84. The molecule has 3 rings (SSSR count). The standard InChI is InChI=1S/C16H21F2N3O.2ClH/c17-12-3-4-14(18)15(10-12)20-6-8-21(9-7-20)16(22)11-13-2-1-5-19-13;;/h3-4,10,13,19H,1-2,5-9,11H2;2*1H. The molecule has 2 aliphatic heterocycles. The number of piperazine rings is 1. The van der Waals surface area contributed by atoms with Crippen LogP contribution in [-0.4, -0.2) is 49.6 Å². The van der Waals surface area contributed by atoms with Gasteiger partial charge in [0.15, 0.2) is 0 Å². The largest absolute Gasteiger partial charge is 0.366 e. The second-order valence-electron chi connectivity index (χ2n) is 5.96. The molecular formula is C16H23Cl2F2N3O. The summed E-state index contributed by atoms with van der Waals surface area (Å²) in [4.78, 5) is 15.9. The number of hydrogen-bond acceptors (Lipinski definition) is 3. The fourth-order valence-corrected chi connectivity index (χ4v) is 3.20. The number of rotatable bonds is 3. The Bertz CT molecular complexity index is 548. The molecule has 1 unspecified atom stereocenters. The highest BCUT2D eigenvalue weighted by molar-refractivity contribution is 5.85. The Morgan fingerprint density at radius 2 is 1.88 bits per heavy atom. The normalized spacial score (nSPS) is 20.3. The van der Waals surface area contributed by atoms with Gasteiger partial charge >= 0.3 is 0 Å². The van der Waals surface area contributed by atoms with Gasteiger partial charge in [-0.25, -0.2) is 8.78 Å². The predicted octanol–water partition coefficient (Wildman–Crippen LogP) is 2.60. The SMILES string of the molecule is Cl.Cl.O=C(CC1CCCN1)N1CCN(c2cc(F)ccc2F)CC1. The van der Waals surface area contributed by atoms with Gasteiger partial charge < -0.3 is 15.1 Å². The van der Waals surface area contributed by atoms with E-state index in [1.54, 1.807) is 4.90 Å². The minimum Gasteiger partial charge on any atom is -0.366 e. The molecule has 2 aliphatic rings. The summed E-state index contributed by atoms with van der Waals surface area (Å²) in [6.45, 7) is 3.17. The van der Waals surface area contributed by atoms with E-state index >= 15 is 0 Å². The molecule has 1 atom stereocenters. The molecule has 0 spiro atoms. The molecule has 0 aliphatic carbocycles. The van der Waals surface area contributed by atoms with Crippen LogP contribution in [0.5, 0.6) is 0 Å². The summed E-state index contributed by atoms with van der Waals surface area (Å²) in [6.07, 6.45) is 2.72. The van der Waals surface area contributed by atoms with E-state index < -0.39 is 11.6 Å². The van der Waals surface area contributed by atoms with Crippen molar-refractivity contribution in [2.75, 3.05) is 37.6 Å². The second-order valence-corrected chi connectivity index (χ2v) is 5.96. The first-order chi connectivity index (χ1) is 10.6. The molecule has 0 bridgehead atoms. The van der Waals surface area contributed by atoms with Crippen molar-refractivity contribution in [2.24, 2.45) is 0 Å². The lowest BCUT2D eigenvalue weighted by Gasteiger charge is -2.36. The molecule has 1 N–H and O–H groups in total. The fourth-order valence-electron chi connectivity index (χ4n) is 3.20. The van der Waals surface area contributed by atoms with Gasteiger partial charge in [0.25, 0.3) is 0 Å². The molecular weight excluding hydrogens is 359 g/mol. The van der Waals surface area contributed by atoms with Gasteiger partial charge in [-0.3, -0.25) is 4.79 Å². The second kappa shape index (κ2) is 9.39. The molecule has 4 nitrogen and oxygen atoms in total. The molecule has 0 saturated carbocycles. The van der Waals surface area contributed by atoms with Crippen LogP contribution < -0.4 is 10.2 Å². The molecule has 2 fully saturated rings. The topological polar surface area (TPSA) is 35.6 Å². The van der Waals surface area contributed by atoms with E-state index in [1.165, 1.54) is 6.07 Å². The molecule has 1 aromatic carbocycles. The Hall–Kier alpha value is -1.11. The van der Waals surface area contributed by atoms with Gasteiger partial charge in [-0.2, -0.15) is 0 Å². The summed E-state index contributed by atoms with van der Waals surface area (Å²) >= 11 is 0. The molecule has 2 saturated heterocycles. The van der Waals surface area contributed by atoms with E-state index in [1.807, 2.05) is 4.90 Å². The highest BCUT2D eigenvalue weighted by Gasteiger charge is 2.25. The van der Waals surface area contributed by atoms with Crippen molar-refractivity contribution in [3.63, 3.8) is 0 Å². The summed E-state index contributed by atoms with van der Waals surface area (Å²) in [7, 11) is 0. The Labute approximate surface area is 153 Å². The third-order valence-corrected chi connectivity index (χ3v) is 4.46. The molecule has 1 amide bonds. The summed E-state index contributed by atoms with van der Waals surface area (Å²) in [5, 5.41) is 3.33. The number of nitrogens with zero attached hydrogens (tertiary/aromatic N) is 2. The van der Waals surface area contributed by atoms with Gasteiger partial charge in [-0.1, -0.05) is 0 Å². The highest BCUT2D eigenvalue weighted by atomic mass is 35.5. The lowest BCUT2D eigenvalue weighted by Crippen LogP contribution is -2.50. The molecule has 136 valence electrons. The maximum Gasteiger partial charge on any atom is 0.224 e. The first-order valence-electron chi connectivity index (χ1n) is 7.84. The Kier molecular flexibility index (Phi) is 8.19. The number of halogens is 4. The van der Waals surface area contributed by atoms with Crippen LogP contribution in [0.4, 0.5) is 14.5 Å². The molecule has 8 heteroatoms. The number of hydrogen-bond donors (Lipinski definition) is 1.